The highest BCUT2D eigenvalue weighted by Gasteiger charge is 2.50. The van der Waals surface area contributed by atoms with Gasteiger partial charge >= 0.3 is 0 Å². The number of carbonyl (C=O) groups is 4. The first kappa shape index (κ1) is 84.2. The molecule has 1 spiro atoms. The Kier molecular flexibility index (Phi) is 22.9. The van der Waals surface area contributed by atoms with E-state index in [1.807, 2.05) is 24.3 Å². The summed E-state index contributed by atoms with van der Waals surface area (Å²) >= 11 is 0. The molecule has 6 fully saturated rings. The van der Waals surface area contributed by atoms with Crippen molar-refractivity contribution >= 4 is 122 Å². The number of alkyl halides is 1. The Bertz CT molecular complexity index is 6790. The maximum Gasteiger partial charge on any atom is 0.257 e. The number of fused-ring (bicyclic) bond motifs is 4. The summed E-state index contributed by atoms with van der Waals surface area (Å²) in [6.07, 6.45) is 14.7. The van der Waals surface area contributed by atoms with E-state index in [1.165, 1.54) is 47.9 Å². The van der Waals surface area contributed by atoms with Crippen molar-refractivity contribution in [2.45, 2.75) is 99.5 Å². The molecule has 2 aliphatic heterocycles. The molecular formula is C83H87F4N35O7. The molecule has 6 aliphatic rings. The number of hydrogen-bond acceptors (Lipinski definition) is 31. The first-order valence-electron chi connectivity index (χ1n) is 41.3. The van der Waals surface area contributed by atoms with Crippen LogP contribution in [0.5, 0.6) is 0 Å². The van der Waals surface area contributed by atoms with Gasteiger partial charge in [0.15, 0.2) is 22.6 Å². The Morgan fingerprint density at radius 2 is 0.736 bits per heavy atom. The molecule has 0 bridgehead atoms. The lowest BCUT2D eigenvalue weighted by atomic mass is 9.86. The maximum absolute atomic E-state index is 14.1. The number of rotatable bonds is 24. The molecule has 129 heavy (non-hydrogen) atoms. The second-order valence-electron chi connectivity index (χ2n) is 31.6. The topological polar surface area (TPSA) is 491 Å². The molecule has 15 aromatic rings. The van der Waals surface area contributed by atoms with Crippen molar-refractivity contribution < 1.29 is 51.7 Å². The van der Waals surface area contributed by atoms with Crippen molar-refractivity contribution in [2.75, 3.05) is 95.3 Å². The highest BCUT2D eigenvalue weighted by Crippen LogP contribution is 2.39. The SMILES string of the molecule is CNc1cc(Nc2cccc(-c3cn(C)nc3F)n2)nc2c(C(=O)NC3CC3)cnn12.CNc1cc(Nc2cccc(-c3cn(C)nc3F)n2)nc2c(C(=O)N[C@@H]3C[C@@H]3F)cnn12.CNc1cc(Nc2cccc(-c3cn(C)nc3F)n2)nc2c(C(=O)N[C@H]3CC[C@H]3O)cnn12.CNc1cc(Nc2cccc(N3CC4(CCO4)C3)n2)nc2c(C(=O)N[C@H]3CC[C@H]3O)cnn12. The van der Waals surface area contributed by atoms with E-state index in [9.17, 15) is 47.0 Å². The van der Waals surface area contributed by atoms with Crippen LogP contribution in [0, 0.1) is 17.8 Å². The zero-order valence-corrected chi connectivity index (χ0v) is 70.3. The standard InChI is InChI=1S/C22H26N8O3.C21H22FN9O2.C20H19F2N9O.C20H20FN9O/c1-23-19-9-17(26-16-3-2-4-18(27-16)29-11-22(12-29)7-8-33-22)28-20-13(10-24-30(19)20)21(32)25-14-5-6-15(14)31;1-23-18-8-17(27-16-5-3-4-13(25-16)12-10-30(2)29-19(12)22)28-20-11(9-24-31(18)20)21(33)26-14-6-7-15(14)32;1-23-17-7-16(27-15-5-3-4-13(25-15)11-9-30(2)29-18(11)22)28-19-10(8-24-31(17)19)20(32)26-14-6-12(14)21;1-22-17-8-16(27-19-12(9-23-30(17)19)20(31)24-11-6-7-11)26-15-5-3-4-14(25-15)13-10-29(2)28-18(13)21/h2-4,9-10,14-15,23,31H,5-8,11-12H2,1H3,(H,25,32)(H,26,27,28);3-5,8-10,14-15,23,32H,6-7H2,1-2H3,(H,26,33)(H,25,27,28);3-5,7-9,12,14,23H,6H2,1-2H3,(H,26,32)(H,25,27,28);3-5,8-11,22H,6-7H2,1-2H3,(H,24,31)(H,25,26,27)/t2*14-,15+;12-,14+;/m000./s1. The second-order valence-corrected chi connectivity index (χ2v) is 31.6. The predicted molar refractivity (Wildman–Crippen MR) is 466 cm³/mol. The Morgan fingerprint density at radius 3 is 1.01 bits per heavy atom. The molecule has 42 nitrogen and oxygen atoms in total. The van der Waals surface area contributed by atoms with Gasteiger partial charge in [-0.2, -0.15) is 51.6 Å². The number of amides is 4. The van der Waals surface area contributed by atoms with Gasteiger partial charge in [0.25, 0.3) is 23.6 Å². The number of nitrogens with one attached hydrogen (secondary N) is 12. The van der Waals surface area contributed by atoms with Crippen LogP contribution in [0.15, 0.2) is 140 Å². The molecule has 664 valence electrons. The third-order valence-electron chi connectivity index (χ3n) is 22.4. The van der Waals surface area contributed by atoms with Crippen molar-refractivity contribution in [3.8, 4) is 33.8 Å². The largest absolute Gasteiger partial charge is 0.391 e. The zero-order valence-electron chi connectivity index (χ0n) is 70.3. The van der Waals surface area contributed by atoms with Crippen molar-refractivity contribution in [1.82, 2.24) is 129 Å². The van der Waals surface area contributed by atoms with Gasteiger partial charge in [0.1, 0.15) is 110 Å². The molecule has 4 aliphatic carbocycles. The molecule has 0 aromatic carbocycles. The lowest BCUT2D eigenvalue weighted by Gasteiger charge is -2.55. The Hall–Kier alpha value is -15.6. The van der Waals surface area contributed by atoms with E-state index in [1.54, 1.807) is 150 Å². The molecule has 17 heterocycles. The summed E-state index contributed by atoms with van der Waals surface area (Å²) in [6, 6.07) is 27.6. The number of hydrogen-bond donors (Lipinski definition) is 14. The van der Waals surface area contributed by atoms with Gasteiger partial charge in [0, 0.05) is 111 Å². The van der Waals surface area contributed by atoms with E-state index >= 15 is 0 Å². The van der Waals surface area contributed by atoms with Crippen molar-refractivity contribution in [1.29, 1.82) is 0 Å². The number of halogens is 4. The van der Waals surface area contributed by atoms with Crippen molar-refractivity contribution in [3.63, 3.8) is 0 Å². The normalized spacial score (nSPS) is 17.9. The van der Waals surface area contributed by atoms with Crippen LogP contribution >= 0.6 is 0 Å². The molecule has 46 heteroatoms. The summed E-state index contributed by atoms with van der Waals surface area (Å²) in [5, 5.41) is 83.9. The number of nitrogens with zero attached hydrogens (tertiary/aromatic N) is 23. The number of anilines is 13. The van der Waals surface area contributed by atoms with Crippen LogP contribution < -0.4 is 68.7 Å². The molecule has 0 unspecified atom stereocenters. The average Bonchev–Trinajstić information content (AvgIpc) is 1.74. The smallest absolute Gasteiger partial charge is 0.257 e. The van der Waals surface area contributed by atoms with Crippen LogP contribution in [0.3, 0.4) is 0 Å². The van der Waals surface area contributed by atoms with E-state index in [4.69, 9.17) is 9.72 Å². The molecule has 6 atom stereocenters. The summed E-state index contributed by atoms with van der Waals surface area (Å²) in [4.78, 5) is 89.2. The molecule has 0 radical (unpaired) electrons. The summed E-state index contributed by atoms with van der Waals surface area (Å²) in [6.45, 7) is 2.57. The molecule has 4 amide bonds. The fraction of sp³-hybridized carbons (Fsp3) is 0.313. The lowest BCUT2D eigenvalue weighted by molar-refractivity contribution is -0.161. The number of aliphatic hydroxyl groups excluding tert-OH is 2. The minimum atomic E-state index is -1.01. The summed E-state index contributed by atoms with van der Waals surface area (Å²) < 4.78 is 71.4. The molecule has 15 aromatic heterocycles. The van der Waals surface area contributed by atoms with Crippen LogP contribution in [0.1, 0.15) is 92.8 Å². The average molecular weight is 1760 g/mol. The van der Waals surface area contributed by atoms with Gasteiger partial charge in [0.05, 0.1) is 109 Å². The molecule has 2 saturated heterocycles. The van der Waals surface area contributed by atoms with E-state index in [0.717, 1.165) is 57.6 Å². The number of carbonyl (C=O) groups excluding carboxylic acids is 4. The van der Waals surface area contributed by atoms with Crippen LogP contribution in [-0.2, 0) is 25.9 Å². The van der Waals surface area contributed by atoms with Gasteiger partial charge in [-0.05, 0) is 87.1 Å². The summed E-state index contributed by atoms with van der Waals surface area (Å²) in [5.74, 6) is 4.09. The minimum absolute atomic E-state index is 0.0356. The van der Waals surface area contributed by atoms with Gasteiger partial charge in [-0.25, -0.2) is 44.3 Å². The van der Waals surface area contributed by atoms with Gasteiger partial charge in [-0.3, -0.25) is 33.2 Å². The van der Waals surface area contributed by atoms with Gasteiger partial charge in [-0.15, -0.1) is 15.3 Å². The highest BCUT2D eigenvalue weighted by atomic mass is 19.1. The fourth-order valence-corrected chi connectivity index (χ4v) is 14.8. The molecule has 21 rings (SSSR count). The van der Waals surface area contributed by atoms with Crippen molar-refractivity contribution in [3.05, 3.63) is 181 Å². The first-order valence-corrected chi connectivity index (χ1v) is 41.3. The van der Waals surface area contributed by atoms with Gasteiger partial charge in [0.2, 0.25) is 17.8 Å². The van der Waals surface area contributed by atoms with Crippen LogP contribution in [0.25, 0.3) is 56.4 Å². The number of aromatic nitrogens is 22. The van der Waals surface area contributed by atoms with Crippen LogP contribution in [-0.4, -0.2) is 238 Å². The zero-order chi connectivity index (χ0) is 89.6. The summed E-state index contributed by atoms with van der Waals surface area (Å²) in [7, 11) is 11.9. The fourth-order valence-electron chi connectivity index (χ4n) is 14.8. The van der Waals surface area contributed by atoms with E-state index in [2.05, 4.69) is 139 Å². The summed E-state index contributed by atoms with van der Waals surface area (Å²) in [5.41, 5.74) is 4.89. The number of aliphatic hydroxyl groups is 2. The number of ether oxygens (including phenoxy) is 1. The van der Waals surface area contributed by atoms with E-state index < -0.39 is 48.2 Å². The van der Waals surface area contributed by atoms with E-state index in [-0.39, 0.29) is 63.7 Å². The van der Waals surface area contributed by atoms with E-state index in [0.29, 0.717) is 145 Å². The van der Waals surface area contributed by atoms with Crippen LogP contribution in [0.2, 0.25) is 0 Å². The molecule has 14 N–H and O–H groups in total. The quantitative estimate of drug-likeness (QED) is 0.0261. The Labute approximate surface area is 729 Å². The van der Waals surface area contributed by atoms with Gasteiger partial charge < -0.3 is 83.7 Å². The molecular weight excluding hydrogens is 1680 g/mol. The predicted octanol–water partition coefficient (Wildman–Crippen LogP) is 7.47. The Balaban J connectivity index is 0.000000116. The lowest BCUT2D eigenvalue weighted by Crippen LogP contribution is -2.68. The number of aryl methyl sites for hydroxylation is 3. The maximum atomic E-state index is 14.1. The van der Waals surface area contributed by atoms with Crippen molar-refractivity contribution in [2.24, 2.45) is 21.1 Å². The third-order valence-corrected chi connectivity index (χ3v) is 22.4. The molecule has 4 saturated carbocycles. The number of pyridine rings is 4. The van der Waals surface area contributed by atoms with Crippen LogP contribution in [0.4, 0.5) is 93.2 Å². The van der Waals surface area contributed by atoms with Gasteiger partial charge in [-0.1, -0.05) is 24.3 Å². The Morgan fingerprint density at radius 1 is 0.419 bits per heavy atom. The monoisotopic (exact) mass is 1760 g/mol. The first-order chi connectivity index (χ1) is 62.4. The highest BCUT2D eigenvalue weighted by molar-refractivity contribution is 6.03. The third kappa shape index (κ3) is 17.8. The second kappa shape index (κ2) is 35.1. The minimum Gasteiger partial charge on any atom is -0.391 e.